The molecule has 1 aliphatic rings. The van der Waals surface area contributed by atoms with Gasteiger partial charge in [-0.05, 0) is 18.4 Å². The minimum Gasteiger partial charge on any atom is -0.384 e. The van der Waals surface area contributed by atoms with E-state index in [0.29, 0.717) is 6.54 Å². The number of sulfone groups is 1. The van der Waals surface area contributed by atoms with Gasteiger partial charge in [0.25, 0.3) is 0 Å². The summed E-state index contributed by atoms with van der Waals surface area (Å²) in [7, 11) is -2.87. The second-order valence-corrected chi connectivity index (χ2v) is 7.88. The van der Waals surface area contributed by atoms with Crippen molar-refractivity contribution < 1.29 is 13.5 Å². The topological polar surface area (TPSA) is 57.6 Å². The van der Waals surface area contributed by atoms with Crippen LogP contribution in [0.15, 0.2) is 11.4 Å². The highest BCUT2D eigenvalue weighted by Crippen LogP contribution is 2.21. The number of hydrogen-bond donors (Lipinski definition) is 1. The number of aliphatic hydroxyl groups is 1. The van der Waals surface area contributed by atoms with Gasteiger partial charge in [0.1, 0.15) is 6.61 Å². The number of rotatable bonds is 2. The van der Waals surface area contributed by atoms with Gasteiger partial charge in [-0.3, -0.25) is 4.90 Å². The highest BCUT2D eigenvalue weighted by atomic mass is 32.2. The van der Waals surface area contributed by atoms with Crippen LogP contribution < -0.4 is 0 Å². The van der Waals surface area contributed by atoms with Crippen molar-refractivity contribution in [3.8, 4) is 11.8 Å². The smallest absolute Gasteiger partial charge is 0.153 e. The van der Waals surface area contributed by atoms with E-state index in [2.05, 4.69) is 16.7 Å². The molecule has 1 fully saturated rings. The highest BCUT2D eigenvalue weighted by Gasteiger charge is 2.28. The molecule has 0 amide bonds. The summed E-state index contributed by atoms with van der Waals surface area (Å²) < 4.78 is 23.1. The normalized spacial score (nSPS) is 22.7. The standard InChI is InChI=1S/C13H17NO3S2/c1-11-10-19(16,17)8-5-14(11)9-13-12(3-2-6-15)4-7-18-13/h4,7,11,15H,5-6,8-10H2,1H3. The summed E-state index contributed by atoms with van der Waals surface area (Å²) in [4.78, 5) is 3.31. The molecular weight excluding hydrogens is 282 g/mol. The zero-order chi connectivity index (χ0) is 13.9. The van der Waals surface area contributed by atoms with Crippen molar-refractivity contribution in [1.82, 2.24) is 4.90 Å². The summed E-state index contributed by atoms with van der Waals surface area (Å²) in [5.41, 5.74) is 0.930. The lowest BCUT2D eigenvalue weighted by Crippen LogP contribution is -2.46. The minimum atomic E-state index is -2.87. The molecule has 0 bridgehead atoms. The van der Waals surface area contributed by atoms with Crippen LogP contribution in [-0.2, 0) is 16.4 Å². The lowest BCUT2D eigenvalue weighted by atomic mass is 10.2. The molecule has 104 valence electrons. The summed E-state index contributed by atoms with van der Waals surface area (Å²) in [6.07, 6.45) is 0. The zero-order valence-electron chi connectivity index (χ0n) is 10.8. The molecule has 6 heteroatoms. The van der Waals surface area contributed by atoms with Crippen LogP contribution in [-0.4, -0.2) is 49.1 Å². The first-order chi connectivity index (χ1) is 9.02. The number of hydrogen-bond acceptors (Lipinski definition) is 5. The van der Waals surface area contributed by atoms with Gasteiger partial charge in [-0.2, -0.15) is 0 Å². The molecule has 1 aromatic rings. The summed E-state index contributed by atoms with van der Waals surface area (Å²) in [5, 5.41) is 10.7. The van der Waals surface area contributed by atoms with Gasteiger partial charge >= 0.3 is 0 Å². The molecule has 1 N–H and O–H groups in total. The van der Waals surface area contributed by atoms with Crippen molar-refractivity contribution in [1.29, 1.82) is 0 Å². The fourth-order valence-corrected chi connectivity index (χ4v) is 4.64. The van der Waals surface area contributed by atoms with E-state index in [1.54, 1.807) is 11.3 Å². The Morgan fingerprint density at radius 3 is 3.05 bits per heavy atom. The van der Waals surface area contributed by atoms with Crippen molar-refractivity contribution >= 4 is 21.2 Å². The Bertz CT molecular complexity index is 595. The Labute approximate surface area is 118 Å². The van der Waals surface area contributed by atoms with Crippen LogP contribution in [0.4, 0.5) is 0 Å². The Morgan fingerprint density at radius 1 is 1.58 bits per heavy atom. The van der Waals surface area contributed by atoms with Crippen LogP contribution in [0.3, 0.4) is 0 Å². The summed E-state index contributed by atoms with van der Waals surface area (Å²) in [6, 6.07) is 1.98. The van der Waals surface area contributed by atoms with Crippen molar-refractivity contribution in [2.24, 2.45) is 0 Å². The first kappa shape index (κ1) is 14.5. The fraction of sp³-hybridized carbons (Fsp3) is 0.538. The lowest BCUT2D eigenvalue weighted by molar-refractivity contribution is 0.220. The van der Waals surface area contributed by atoms with Crippen LogP contribution in [0.2, 0.25) is 0 Å². The van der Waals surface area contributed by atoms with E-state index in [4.69, 9.17) is 5.11 Å². The van der Waals surface area contributed by atoms with Crippen LogP contribution in [0.25, 0.3) is 0 Å². The van der Waals surface area contributed by atoms with Gasteiger partial charge in [0.15, 0.2) is 9.84 Å². The number of thiophene rings is 1. The molecule has 1 aromatic heterocycles. The van der Waals surface area contributed by atoms with Crippen LogP contribution >= 0.6 is 11.3 Å². The van der Waals surface area contributed by atoms with Gasteiger partial charge in [-0.1, -0.05) is 11.8 Å². The van der Waals surface area contributed by atoms with E-state index in [9.17, 15) is 8.42 Å². The van der Waals surface area contributed by atoms with Crippen LogP contribution in [0.1, 0.15) is 17.4 Å². The maximum Gasteiger partial charge on any atom is 0.153 e. The molecule has 0 saturated carbocycles. The molecule has 2 heterocycles. The molecule has 0 spiro atoms. The lowest BCUT2D eigenvalue weighted by Gasteiger charge is -2.32. The second kappa shape index (κ2) is 6.06. The van der Waals surface area contributed by atoms with Gasteiger partial charge in [0, 0.05) is 29.6 Å². The Morgan fingerprint density at radius 2 is 2.37 bits per heavy atom. The van der Waals surface area contributed by atoms with E-state index in [-0.39, 0.29) is 24.2 Å². The molecule has 4 nitrogen and oxygen atoms in total. The van der Waals surface area contributed by atoms with E-state index in [1.165, 1.54) is 0 Å². The van der Waals surface area contributed by atoms with Crippen LogP contribution in [0, 0.1) is 11.8 Å². The predicted molar refractivity (Wildman–Crippen MR) is 76.8 cm³/mol. The fourth-order valence-electron chi connectivity index (χ4n) is 2.16. The maximum absolute atomic E-state index is 11.5. The molecule has 2 rings (SSSR count). The number of aliphatic hydroxyl groups excluding tert-OH is 1. The van der Waals surface area contributed by atoms with E-state index in [1.807, 2.05) is 18.4 Å². The van der Waals surface area contributed by atoms with E-state index in [0.717, 1.165) is 17.0 Å². The molecule has 19 heavy (non-hydrogen) atoms. The summed E-state index contributed by atoms with van der Waals surface area (Å²) in [6.45, 7) is 3.11. The largest absolute Gasteiger partial charge is 0.384 e. The Kier molecular flexibility index (Phi) is 4.63. The van der Waals surface area contributed by atoms with E-state index >= 15 is 0 Å². The first-order valence-corrected chi connectivity index (χ1v) is 8.82. The third-order valence-electron chi connectivity index (χ3n) is 3.20. The monoisotopic (exact) mass is 299 g/mol. The van der Waals surface area contributed by atoms with Gasteiger partial charge in [0.05, 0.1) is 11.5 Å². The quantitative estimate of drug-likeness (QED) is 0.817. The molecule has 1 atom stereocenters. The Hall–Kier alpha value is -0.870. The van der Waals surface area contributed by atoms with Gasteiger partial charge in [0.2, 0.25) is 0 Å². The zero-order valence-corrected chi connectivity index (χ0v) is 12.4. The molecule has 0 aliphatic carbocycles. The third-order valence-corrected chi connectivity index (χ3v) is 5.90. The number of nitrogens with zero attached hydrogens (tertiary/aromatic N) is 1. The first-order valence-electron chi connectivity index (χ1n) is 6.12. The predicted octanol–water partition coefficient (Wildman–Crippen LogP) is 0.711. The molecule has 1 saturated heterocycles. The Balaban J connectivity index is 2.08. The van der Waals surface area contributed by atoms with Gasteiger partial charge < -0.3 is 5.11 Å². The van der Waals surface area contributed by atoms with Gasteiger partial charge in [-0.15, -0.1) is 11.3 Å². The molecule has 0 radical (unpaired) electrons. The summed E-state index contributed by atoms with van der Waals surface area (Å²) >= 11 is 1.62. The van der Waals surface area contributed by atoms with Gasteiger partial charge in [-0.25, -0.2) is 8.42 Å². The van der Waals surface area contributed by atoms with Crippen molar-refractivity contribution in [2.45, 2.75) is 19.5 Å². The van der Waals surface area contributed by atoms with Crippen molar-refractivity contribution in [3.63, 3.8) is 0 Å². The minimum absolute atomic E-state index is 0.0412. The molecule has 1 unspecified atom stereocenters. The average molecular weight is 299 g/mol. The van der Waals surface area contributed by atoms with E-state index < -0.39 is 9.84 Å². The molecular formula is C13H17NO3S2. The summed E-state index contributed by atoms with van der Waals surface area (Å²) in [5.74, 6) is 6.05. The molecule has 1 aliphatic heterocycles. The van der Waals surface area contributed by atoms with Crippen molar-refractivity contribution in [3.05, 3.63) is 21.9 Å². The maximum atomic E-state index is 11.5. The SMILES string of the molecule is CC1CS(=O)(=O)CCN1Cc1sccc1C#CCO. The van der Waals surface area contributed by atoms with Crippen molar-refractivity contribution in [2.75, 3.05) is 24.7 Å². The van der Waals surface area contributed by atoms with Crippen LogP contribution in [0.5, 0.6) is 0 Å². The highest BCUT2D eigenvalue weighted by molar-refractivity contribution is 7.91. The third kappa shape index (κ3) is 3.80. The second-order valence-electron chi connectivity index (χ2n) is 4.65. The molecule has 0 aromatic carbocycles. The average Bonchev–Trinajstić information content (AvgIpc) is 2.77.